The van der Waals surface area contributed by atoms with E-state index in [1.54, 1.807) is 17.1 Å². The van der Waals surface area contributed by atoms with Crippen LogP contribution in [0.3, 0.4) is 0 Å². The van der Waals surface area contributed by atoms with Crippen LogP contribution in [-0.4, -0.2) is 9.78 Å². The highest BCUT2D eigenvalue weighted by Gasteiger charge is 2.13. The van der Waals surface area contributed by atoms with E-state index in [0.29, 0.717) is 5.82 Å². The lowest BCUT2D eigenvalue weighted by molar-refractivity contribution is 0.613. The topological polar surface area (TPSA) is 57.0 Å². The van der Waals surface area contributed by atoms with E-state index < -0.39 is 0 Å². The molecular weight excluding hydrogens is 214 g/mol. The zero-order chi connectivity index (χ0) is 12.0. The first-order chi connectivity index (χ1) is 8.18. The number of fused-ring (bicyclic) bond motifs is 1. The second kappa shape index (κ2) is 3.38. The molecule has 0 aliphatic carbocycles. The van der Waals surface area contributed by atoms with Crippen LogP contribution in [0.1, 0.15) is 5.56 Å². The molecular formula is C13H13N3O. The Hall–Kier alpha value is -2.23. The Morgan fingerprint density at radius 2 is 2.12 bits per heavy atom. The molecule has 0 spiro atoms. The van der Waals surface area contributed by atoms with Crippen LogP contribution in [0, 0.1) is 6.92 Å². The molecule has 0 amide bonds. The lowest BCUT2D eigenvalue weighted by atomic mass is 10.0. The van der Waals surface area contributed by atoms with Crippen LogP contribution in [0.2, 0.25) is 0 Å². The fourth-order valence-electron chi connectivity index (χ4n) is 2.13. The molecule has 0 aliphatic heterocycles. The van der Waals surface area contributed by atoms with Crippen molar-refractivity contribution in [1.29, 1.82) is 0 Å². The molecule has 0 atom stereocenters. The van der Waals surface area contributed by atoms with E-state index in [9.17, 15) is 0 Å². The third-order valence-corrected chi connectivity index (χ3v) is 3.06. The monoisotopic (exact) mass is 227 g/mol. The highest BCUT2D eigenvalue weighted by atomic mass is 16.3. The first-order valence-electron chi connectivity index (χ1n) is 5.43. The SMILES string of the molecule is Cc1coc2cccc(-c3cnn(C)c3N)c12. The molecule has 2 heterocycles. The molecule has 0 saturated heterocycles. The number of nitrogens with zero attached hydrogens (tertiary/aromatic N) is 2. The van der Waals surface area contributed by atoms with E-state index in [1.807, 2.05) is 32.2 Å². The van der Waals surface area contributed by atoms with Gasteiger partial charge >= 0.3 is 0 Å². The average Bonchev–Trinajstić information content (AvgIpc) is 2.86. The van der Waals surface area contributed by atoms with Gasteiger partial charge in [-0.15, -0.1) is 0 Å². The number of nitrogen functional groups attached to an aromatic ring is 1. The van der Waals surface area contributed by atoms with E-state index >= 15 is 0 Å². The summed E-state index contributed by atoms with van der Waals surface area (Å²) in [5, 5.41) is 5.28. The van der Waals surface area contributed by atoms with Crippen molar-refractivity contribution in [2.24, 2.45) is 7.05 Å². The molecule has 0 unspecified atom stereocenters. The van der Waals surface area contributed by atoms with Gasteiger partial charge in [0.1, 0.15) is 11.4 Å². The molecule has 4 heteroatoms. The Labute approximate surface area is 98.6 Å². The lowest BCUT2D eigenvalue weighted by Gasteiger charge is -2.03. The van der Waals surface area contributed by atoms with Crippen molar-refractivity contribution >= 4 is 16.8 Å². The summed E-state index contributed by atoms with van der Waals surface area (Å²) in [5.74, 6) is 0.665. The quantitative estimate of drug-likeness (QED) is 0.695. The predicted molar refractivity (Wildman–Crippen MR) is 67.6 cm³/mol. The second-order valence-corrected chi connectivity index (χ2v) is 4.16. The molecule has 3 aromatic rings. The highest BCUT2D eigenvalue weighted by molar-refractivity contribution is 5.98. The summed E-state index contributed by atoms with van der Waals surface area (Å²) in [7, 11) is 1.83. The van der Waals surface area contributed by atoms with Crippen LogP contribution in [0.5, 0.6) is 0 Å². The predicted octanol–water partition coefficient (Wildman–Crippen LogP) is 2.72. The molecule has 0 radical (unpaired) electrons. The smallest absolute Gasteiger partial charge is 0.134 e. The van der Waals surface area contributed by atoms with Crippen LogP contribution in [-0.2, 0) is 7.05 Å². The summed E-state index contributed by atoms with van der Waals surface area (Å²) in [6.45, 7) is 2.03. The van der Waals surface area contributed by atoms with Crippen molar-refractivity contribution in [2.45, 2.75) is 6.92 Å². The van der Waals surface area contributed by atoms with Crippen LogP contribution in [0.25, 0.3) is 22.1 Å². The number of aromatic nitrogens is 2. The minimum Gasteiger partial charge on any atom is -0.464 e. The number of aryl methyl sites for hydroxylation is 2. The van der Waals surface area contributed by atoms with Gasteiger partial charge in [-0.2, -0.15) is 5.10 Å². The van der Waals surface area contributed by atoms with Crippen molar-refractivity contribution in [2.75, 3.05) is 5.73 Å². The van der Waals surface area contributed by atoms with Gasteiger partial charge < -0.3 is 10.2 Å². The van der Waals surface area contributed by atoms with Gasteiger partial charge in [-0.25, -0.2) is 0 Å². The maximum absolute atomic E-state index is 6.01. The summed E-state index contributed by atoms with van der Waals surface area (Å²) < 4.78 is 7.16. The van der Waals surface area contributed by atoms with Gasteiger partial charge in [-0.1, -0.05) is 12.1 Å². The van der Waals surface area contributed by atoms with E-state index in [4.69, 9.17) is 10.2 Å². The van der Waals surface area contributed by atoms with Gasteiger partial charge in [0.15, 0.2) is 0 Å². The maximum atomic E-state index is 6.01. The summed E-state index contributed by atoms with van der Waals surface area (Å²) >= 11 is 0. The Morgan fingerprint density at radius 3 is 2.82 bits per heavy atom. The fourth-order valence-corrected chi connectivity index (χ4v) is 2.13. The number of hydrogen-bond donors (Lipinski definition) is 1. The number of furan rings is 1. The van der Waals surface area contributed by atoms with Gasteiger partial charge in [-0.3, -0.25) is 4.68 Å². The maximum Gasteiger partial charge on any atom is 0.134 e. The van der Waals surface area contributed by atoms with Crippen LogP contribution in [0.15, 0.2) is 35.1 Å². The zero-order valence-electron chi connectivity index (χ0n) is 9.77. The number of benzene rings is 1. The molecule has 0 saturated carbocycles. The van der Waals surface area contributed by atoms with Crippen molar-refractivity contribution in [3.63, 3.8) is 0 Å². The third kappa shape index (κ3) is 1.34. The van der Waals surface area contributed by atoms with E-state index in [2.05, 4.69) is 5.10 Å². The number of rotatable bonds is 1. The number of nitrogens with two attached hydrogens (primary N) is 1. The van der Waals surface area contributed by atoms with Crippen LogP contribution < -0.4 is 5.73 Å². The minimum atomic E-state index is 0.665. The molecule has 3 rings (SSSR count). The van der Waals surface area contributed by atoms with E-state index in [0.717, 1.165) is 27.7 Å². The van der Waals surface area contributed by atoms with Crippen LogP contribution in [0.4, 0.5) is 5.82 Å². The largest absolute Gasteiger partial charge is 0.464 e. The molecule has 2 aromatic heterocycles. The molecule has 1 aromatic carbocycles. The Morgan fingerprint density at radius 1 is 1.29 bits per heavy atom. The van der Waals surface area contributed by atoms with Crippen LogP contribution >= 0.6 is 0 Å². The van der Waals surface area contributed by atoms with Crippen molar-refractivity contribution < 1.29 is 4.42 Å². The molecule has 0 bridgehead atoms. The first kappa shape index (κ1) is 9.96. The third-order valence-electron chi connectivity index (χ3n) is 3.06. The normalized spacial score (nSPS) is 11.2. The van der Waals surface area contributed by atoms with Gasteiger partial charge in [-0.05, 0) is 24.1 Å². The minimum absolute atomic E-state index is 0.665. The van der Waals surface area contributed by atoms with Crippen molar-refractivity contribution in [1.82, 2.24) is 9.78 Å². The highest BCUT2D eigenvalue weighted by Crippen LogP contribution is 2.34. The van der Waals surface area contributed by atoms with Gasteiger partial charge in [0.05, 0.1) is 12.5 Å². The summed E-state index contributed by atoms with van der Waals surface area (Å²) in [6.07, 6.45) is 3.55. The summed E-state index contributed by atoms with van der Waals surface area (Å²) in [4.78, 5) is 0. The van der Waals surface area contributed by atoms with Crippen molar-refractivity contribution in [3.8, 4) is 11.1 Å². The van der Waals surface area contributed by atoms with E-state index in [-0.39, 0.29) is 0 Å². The molecule has 0 fully saturated rings. The molecule has 0 aliphatic rings. The zero-order valence-corrected chi connectivity index (χ0v) is 9.77. The average molecular weight is 227 g/mol. The van der Waals surface area contributed by atoms with E-state index in [1.165, 1.54) is 0 Å². The Kier molecular flexibility index (Phi) is 1.98. The van der Waals surface area contributed by atoms with Gasteiger partial charge in [0.2, 0.25) is 0 Å². The molecule has 4 nitrogen and oxygen atoms in total. The first-order valence-corrected chi connectivity index (χ1v) is 5.43. The standard InChI is InChI=1S/C13H13N3O/c1-8-7-17-11-5-3-4-9(12(8)11)10-6-15-16(2)13(10)14/h3-7H,14H2,1-2H3. The number of hydrogen-bond acceptors (Lipinski definition) is 3. The second-order valence-electron chi connectivity index (χ2n) is 4.16. The molecule has 17 heavy (non-hydrogen) atoms. The molecule has 86 valence electrons. The molecule has 2 N–H and O–H groups in total. The summed E-state index contributed by atoms with van der Waals surface area (Å²) in [6, 6.07) is 5.96. The Bertz CT molecular complexity index is 694. The van der Waals surface area contributed by atoms with Gasteiger partial charge in [0.25, 0.3) is 0 Å². The Balaban J connectivity index is 2.37. The lowest BCUT2D eigenvalue weighted by Crippen LogP contribution is -1.98. The van der Waals surface area contributed by atoms with Gasteiger partial charge in [0, 0.05) is 18.0 Å². The summed E-state index contributed by atoms with van der Waals surface area (Å²) in [5.41, 5.74) is 10.0. The van der Waals surface area contributed by atoms with Crippen molar-refractivity contribution in [3.05, 3.63) is 36.2 Å². The fraction of sp³-hybridized carbons (Fsp3) is 0.154. The number of anilines is 1.